The molecular formula is C31H23N3O6S. The second kappa shape index (κ2) is 10.1. The van der Waals surface area contributed by atoms with Crippen LogP contribution in [0.4, 0.5) is 5.69 Å². The number of hydrogen-bond donors (Lipinski definition) is 0. The average molecular weight is 566 g/mol. The molecule has 0 amide bonds. The van der Waals surface area contributed by atoms with Crippen molar-refractivity contribution >= 4 is 39.7 Å². The van der Waals surface area contributed by atoms with Gasteiger partial charge in [0, 0.05) is 40.6 Å². The van der Waals surface area contributed by atoms with Gasteiger partial charge in [-0.1, -0.05) is 41.7 Å². The highest BCUT2D eigenvalue weighted by atomic mass is 32.1. The number of carbonyl (C=O) groups is 1. The monoisotopic (exact) mass is 565 g/mol. The Hall–Kier alpha value is -5.09. The molecule has 0 fully saturated rings. The second-order valence-electron chi connectivity index (χ2n) is 9.55. The minimum absolute atomic E-state index is 0.0146. The topological polar surface area (TPSA) is 117 Å². The number of thiazole rings is 1. The van der Waals surface area contributed by atoms with Crippen LogP contribution in [0.15, 0.2) is 98.3 Å². The van der Waals surface area contributed by atoms with Gasteiger partial charge in [-0.3, -0.25) is 24.3 Å². The molecule has 0 aliphatic carbocycles. The number of benzene rings is 3. The van der Waals surface area contributed by atoms with Crippen molar-refractivity contribution < 1.29 is 18.9 Å². The van der Waals surface area contributed by atoms with Crippen LogP contribution in [0.2, 0.25) is 0 Å². The summed E-state index contributed by atoms with van der Waals surface area (Å²) in [6, 6.07) is 20.4. The summed E-state index contributed by atoms with van der Waals surface area (Å²) in [4.78, 5) is 42.6. The predicted octanol–water partition coefficient (Wildman–Crippen LogP) is 5.15. The summed E-state index contributed by atoms with van der Waals surface area (Å²) in [5.74, 6) is 1.33. The maximum Gasteiger partial charge on any atom is 0.271 e. The molecule has 2 aromatic heterocycles. The Morgan fingerprint density at radius 2 is 1.85 bits per heavy atom. The smallest absolute Gasteiger partial charge is 0.271 e. The molecule has 9 nitrogen and oxygen atoms in total. The molecule has 41 heavy (non-hydrogen) atoms. The van der Waals surface area contributed by atoms with E-state index >= 15 is 0 Å². The van der Waals surface area contributed by atoms with Gasteiger partial charge in [-0.2, -0.15) is 0 Å². The van der Waals surface area contributed by atoms with E-state index in [-0.39, 0.29) is 17.0 Å². The number of hydrogen-bond acceptors (Lipinski definition) is 8. The van der Waals surface area contributed by atoms with Crippen LogP contribution < -0.4 is 19.6 Å². The highest BCUT2D eigenvalue weighted by Crippen LogP contribution is 2.40. The molecule has 0 radical (unpaired) electrons. The van der Waals surface area contributed by atoms with Gasteiger partial charge in [-0.05, 0) is 55.0 Å². The molecule has 6 rings (SSSR count). The van der Waals surface area contributed by atoms with Crippen molar-refractivity contribution in [3.8, 4) is 17.1 Å². The molecular weight excluding hydrogens is 542 g/mol. The van der Waals surface area contributed by atoms with E-state index in [1.54, 1.807) is 48.9 Å². The van der Waals surface area contributed by atoms with E-state index in [2.05, 4.69) is 4.99 Å². The first-order valence-electron chi connectivity index (χ1n) is 12.7. The molecule has 1 aliphatic heterocycles. The fourth-order valence-electron chi connectivity index (χ4n) is 5.24. The van der Waals surface area contributed by atoms with Crippen LogP contribution in [-0.2, 0) is 4.79 Å². The lowest BCUT2D eigenvalue weighted by Gasteiger charge is -2.27. The van der Waals surface area contributed by atoms with Crippen molar-refractivity contribution in [2.75, 3.05) is 7.11 Å². The van der Waals surface area contributed by atoms with Crippen LogP contribution in [0.3, 0.4) is 0 Å². The first-order chi connectivity index (χ1) is 19.8. The molecule has 3 heterocycles. The van der Waals surface area contributed by atoms with Crippen molar-refractivity contribution in [2.45, 2.75) is 19.9 Å². The molecule has 0 saturated heterocycles. The number of fused-ring (bicyclic) bond motifs is 2. The summed E-state index contributed by atoms with van der Waals surface area (Å²) in [5, 5.41) is 12.8. The van der Waals surface area contributed by atoms with Gasteiger partial charge in [0.15, 0.2) is 10.6 Å². The van der Waals surface area contributed by atoms with E-state index in [0.29, 0.717) is 43.4 Å². The lowest BCUT2D eigenvalue weighted by molar-refractivity contribution is -0.384. The van der Waals surface area contributed by atoms with E-state index in [0.717, 1.165) is 16.3 Å². The number of nitro benzene ring substituents is 1. The number of ketones is 1. The van der Waals surface area contributed by atoms with Crippen LogP contribution in [-0.4, -0.2) is 22.4 Å². The maximum absolute atomic E-state index is 14.0. The number of ether oxygens (including phenoxy) is 1. The second-order valence-corrected chi connectivity index (χ2v) is 10.6. The van der Waals surface area contributed by atoms with E-state index in [4.69, 9.17) is 9.15 Å². The van der Waals surface area contributed by atoms with Crippen LogP contribution >= 0.6 is 11.3 Å². The van der Waals surface area contributed by atoms with Crippen LogP contribution in [0.5, 0.6) is 5.75 Å². The Kier molecular flexibility index (Phi) is 6.47. The Bertz CT molecular complexity index is 2080. The molecule has 1 atom stereocenters. The number of aromatic nitrogens is 1. The SMILES string of the molecule is COc1ccc2ccccc2c1C1C(C(C)=O)=C(C)N=c2s/c(=C/c3ccc(-c4ccc([N+](=O)[O-])cc4)o3)c(=O)n21. The number of non-ortho nitro benzene ring substituents is 1. The molecule has 5 aromatic rings. The third kappa shape index (κ3) is 4.48. The molecule has 1 unspecified atom stereocenters. The molecule has 204 valence electrons. The first-order valence-corrected chi connectivity index (χ1v) is 13.5. The Morgan fingerprint density at radius 1 is 1.10 bits per heavy atom. The Morgan fingerprint density at radius 3 is 2.56 bits per heavy atom. The van der Waals surface area contributed by atoms with Gasteiger partial charge in [0.1, 0.15) is 17.3 Å². The van der Waals surface area contributed by atoms with Crippen molar-refractivity contribution in [1.82, 2.24) is 4.57 Å². The molecule has 10 heteroatoms. The highest BCUT2D eigenvalue weighted by molar-refractivity contribution is 7.07. The van der Waals surface area contributed by atoms with E-state index in [1.807, 2.05) is 36.4 Å². The standard InChI is InChI=1S/C31H23N3O6S/c1-17-27(18(2)35)29(28-23-7-5-4-6-19(23)10-14-25(28)39-3)33-30(36)26(41-31(33)32-17)16-22-13-15-24(40-22)20-8-11-21(12-9-20)34(37)38/h4-16,29H,1-3H3/b26-16+. The maximum atomic E-state index is 14.0. The van der Waals surface area contributed by atoms with Crippen molar-refractivity contribution in [3.63, 3.8) is 0 Å². The number of methoxy groups -OCH3 is 1. The predicted molar refractivity (Wildman–Crippen MR) is 156 cm³/mol. The largest absolute Gasteiger partial charge is 0.496 e. The summed E-state index contributed by atoms with van der Waals surface area (Å²) < 4.78 is 13.7. The molecule has 0 spiro atoms. The molecule has 0 N–H and O–H groups in total. The molecule has 1 aliphatic rings. The van der Waals surface area contributed by atoms with Gasteiger partial charge >= 0.3 is 0 Å². The van der Waals surface area contributed by atoms with Crippen LogP contribution in [0.25, 0.3) is 28.2 Å². The Balaban J connectivity index is 1.52. The van der Waals surface area contributed by atoms with Gasteiger partial charge in [-0.15, -0.1) is 0 Å². The molecule has 0 saturated carbocycles. The van der Waals surface area contributed by atoms with Crippen molar-refractivity contribution in [3.05, 3.63) is 125 Å². The zero-order valence-corrected chi connectivity index (χ0v) is 23.1. The molecule has 3 aromatic carbocycles. The minimum atomic E-state index is -0.737. The summed E-state index contributed by atoms with van der Waals surface area (Å²) in [6.45, 7) is 3.26. The number of nitrogens with zero attached hydrogens (tertiary/aromatic N) is 3. The summed E-state index contributed by atoms with van der Waals surface area (Å²) >= 11 is 1.21. The van der Waals surface area contributed by atoms with Crippen LogP contribution in [0, 0.1) is 10.1 Å². The van der Waals surface area contributed by atoms with Crippen molar-refractivity contribution in [1.29, 1.82) is 0 Å². The average Bonchev–Trinajstić information content (AvgIpc) is 3.55. The number of furan rings is 1. The highest BCUT2D eigenvalue weighted by Gasteiger charge is 2.33. The number of rotatable bonds is 6. The number of Topliss-reactive ketones (excluding diaryl/α,β-unsaturated/α-hetero) is 1. The molecule has 0 bridgehead atoms. The Labute approximate surface area is 237 Å². The van der Waals surface area contributed by atoms with E-state index in [9.17, 15) is 19.7 Å². The van der Waals surface area contributed by atoms with Gasteiger partial charge in [0.05, 0.1) is 22.6 Å². The third-order valence-electron chi connectivity index (χ3n) is 7.09. The van der Waals surface area contributed by atoms with Gasteiger partial charge in [-0.25, -0.2) is 4.99 Å². The van der Waals surface area contributed by atoms with Crippen LogP contribution in [0.1, 0.15) is 31.2 Å². The third-order valence-corrected chi connectivity index (χ3v) is 8.07. The van der Waals surface area contributed by atoms with E-state index in [1.165, 1.54) is 30.4 Å². The first kappa shape index (κ1) is 26.1. The lowest BCUT2D eigenvalue weighted by atomic mass is 9.89. The fraction of sp³-hybridized carbons (Fsp3) is 0.129. The minimum Gasteiger partial charge on any atom is -0.496 e. The van der Waals surface area contributed by atoms with E-state index < -0.39 is 11.0 Å². The number of carbonyl (C=O) groups excluding carboxylic acids is 1. The quantitative estimate of drug-likeness (QED) is 0.208. The summed E-state index contributed by atoms with van der Waals surface area (Å²) in [6.07, 6.45) is 1.64. The lowest BCUT2D eigenvalue weighted by Crippen LogP contribution is -2.39. The summed E-state index contributed by atoms with van der Waals surface area (Å²) in [5.41, 5.74) is 2.03. The van der Waals surface area contributed by atoms with Gasteiger partial charge < -0.3 is 9.15 Å². The summed E-state index contributed by atoms with van der Waals surface area (Å²) in [7, 11) is 1.57. The fourth-order valence-corrected chi connectivity index (χ4v) is 6.27. The van der Waals surface area contributed by atoms with Crippen molar-refractivity contribution in [2.24, 2.45) is 4.99 Å². The van der Waals surface area contributed by atoms with Gasteiger partial charge in [0.2, 0.25) is 0 Å². The van der Waals surface area contributed by atoms with Gasteiger partial charge in [0.25, 0.3) is 11.2 Å². The normalized spacial score (nSPS) is 15.1. The number of allylic oxidation sites excluding steroid dienone is 2. The number of nitro groups is 1. The zero-order valence-electron chi connectivity index (χ0n) is 22.3. The zero-order chi connectivity index (χ0) is 28.8.